The van der Waals surface area contributed by atoms with Crippen LogP contribution in [0.5, 0.6) is 0 Å². The summed E-state index contributed by atoms with van der Waals surface area (Å²) in [5.74, 6) is -0.423. The van der Waals surface area contributed by atoms with Gasteiger partial charge in [0.2, 0.25) is 5.91 Å². The number of unbranched alkanes of at least 4 members (excludes halogenated alkanes) is 9. The van der Waals surface area contributed by atoms with Crippen LogP contribution >= 0.6 is 0 Å². The van der Waals surface area contributed by atoms with Gasteiger partial charge >= 0.3 is 0 Å². The largest absolute Gasteiger partial charge is 0.394 e. The van der Waals surface area contributed by atoms with Crippen LogP contribution in [0.1, 0.15) is 84.5 Å². The fourth-order valence-corrected chi connectivity index (χ4v) is 6.93. The minimum absolute atomic E-state index is 0.318. The van der Waals surface area contributed by atoms with Crippen molar-refractivity contribution in [3.8, 4) is 0 Å². The lowest BCUT2D eigenvalue weighted by Crippen LogP contribution is -2.66. The van der Waals surface area contributed by atoms with E-state index in [0.29, 0.717) is 6.42 Å². The van der Waals surface area contributed by atoms with Crippen molar-refractivity contribution in [3.63, 3.8) is 0 Å². The number of carbonyl (C=O) groups is 1. The fourth-order valence-electron chi connectivity index (χ4n) is 6.93. The number of carbonyl (C=O) groups excluding carboxylic acids is 1. The number of hydrogen-bond donors (Lipinski definition) is 12. The smallest absolute Gasteiger partial charge is 0.217 e. The van der Waals surface area contributed by atoms with Gasteiger partial charge < -0.3 is 89.9 Å². The summed E-state index contributed by atoms with van der Waals surface area (Å²) in [6, 6.07) is -0.878. The molecule has 3 aliphatic heterocycles. The number of aliphatic hydroxyl groups excluding tert-OH is 11. The van der Waals surface area contributed by atoms with Gasteiger partial charge in [0.05, 0.1) is 38.6 Å². The van der Waals surface area contributed by atoms with E-state index in [9.17, 15) is 61.0 Å². The van der Waals surface area contributed by atoms with Crippen LogP contribution in [-0.2, 0) is 33.2 Å². The Morgan fingerprint density at radius 1 is 0.593 bits per heavy atom. The van der Waals surface area contributed by atoms with Gasteiger partial charge in [-0.1, -0.05) is 71.1 Å². The van der Waals surface area contributed by atoms with Crippen LogP contribution in [0, 0.1) is 0 Å². The van der Waals surface area contributed by atoms with E-state index >= 15 is 0 Å². The van der Waals surface area contributed by atoms with E-state index in [1.807, 2.05) is 0 Å². The van der Waals surface area contributed by atoms with E-state index in [1.54, 1.807) is 0 Å². The number of rotatable bonds is 23. The van der Waals surface area contributed by atoms with Crippen molar-refractivity contribution in [1.82, 2.24) is 5.32 Å². The van der Waals surface area contributed by atoms with E-state index in [1.165, 1.54) is 45.4 Å². The maximum atomic E-state index is 11.9. The Hall–Kier alpha value is -1.21. The third-order valence-corrected chi connectivity index (χ3v) is 10.2. The first-order chi connectivity index (χ1) is 25.8. The summed E-state index contributed by atoms with van der Waals surface area (Å²) in [6.07, 6.45) is -14.8. The predicted octanol–water partition coefficient (Wildman–Crippen LogP) is -3.37. The maximum absolute atomic E-state index is 11.9. The Kier molecular flexibility index (Phi) is 20.9. The molecule has 0 aromatic heterocycles. The van der Waals surface area contributed by atoms with E-state index in [0.717, 1.165) is 25.7 Å². The van der Waals surface area contributed by atoms with Crippen molar-refractivity contribution in [3.05, 3.63) is 0 Å². The Balaban J connectivity index is 1.54. The van der Waals surface area contributed by atoms with Gasteiger partial charge in [-0.3, -0.25) is 4.79 Å². The quantitative estimate of drug-likeness (QED) is 0.0450. The normalized spacial score (nSPS) is 38.6. The third-order valence-electron chi connectivity index (χ3n) is 10.2. The van der Waals surface area contributed by atoms with Crippen LogP contribution < -0.4 is 5.32 Å². The highest BCUT2D eigenvalue weighted by atomic mass is 16.8. The Morgan fingerprint density at radius 2 is 1.02 bits per heavy atom. The average molecular weight is 788 g/mol. The zero-order valence-corrected chi connectivity index (χ0v) is 31.2. The van der Waals surface area contributed by atoms with Crippen molar-refractivity contribution >= 4 is 5.91 Å². The number of ether oxygens (including phenoxy) is 6. The van der Waals surface area contributed by atoms with Crippen LogP contribution in [0.2, 0.25) is 0 Å². The average Bonchev–Trinajstić information content (AvgIpc) is 3.15. The lowest BCUT2D eigenvalue weighted by molar-refractivity contribution is -0.379. The van der Waals surface area contributed by atoms with Gasteiger partial charge in [0, 0.05) is 6.92 Å². The summed E-state index contributed by atoms with van der Waals surface area (Å²) < 4.78 is 33.5. The first-order valence-corrected chi connectivity index (χ1v) is 19.2. The molecule has 0 aromatic rings. The topological polar surface area (TPSA) is 307 Å². The summed E-state index contributed by atoms with van der Waals surface area (Å²) in [5, 5.41) is 117. The van der Waals surface area contributed by atoms with E-state index < -0.39 is 130 Å². The standard InChI is InChI=1S/C35H65NO18/c1-3-4-5-6-7-8-9-10-11-12-13-20(41)19(36-18(2)40)17-49-33-29(47)26(44)31(22(15-38)51-33)54-35-30(48)27(45)32(23(16-39)52-35)53-34-28(46)25(43)24(42)21(14-37)50-34/h19-35,37-39,41-48H,3-17H2,1-2H3,(H,36,40). The van der Waals surface area contributed by atoms with Crippen LogP contribution in [0.3, 0.4) is 0 Å². The Labute approximate surface area is 315 Å². The van der Waals surface area contributed by atoms with Crippen molar-refractivity contribution in [2.45, 2.75) is 189 Å². The number of aliphatic hydroxyl groups is 11. The van der Waals surface area contributed by atoms with Gasteiger partial charge in [0.25, 0.3) is 0 Å². The van der Waals surface area contributed by atoms with Crippen LogP contribution in [0.4, 0.5) is 0 Å². The van der Waals surface area contributed by atoms with Crippen LogP contribution in [0.25, 0.3) is 0 Å². The molecule has 318 valence electrons. The molecule has 3 aliphatic rings. The maximum Gasteiger partial charge on any atom is 0.217 e. The van der Waals surface area contributed by atoms with Gasteiger partial charge in [-0.15, -0.1) is 0 Å². The molecule has 19 heteroatoms. The molecule has 0 spiro atoms. The van der Waals surface area contributed by atoms with Gasteiger partial charge in [0.15, 0.2) is 18.9 Å². The van der Waals surface area contributed by atoms with Gasteiger partial charge in [-0.25, -0.2) is 0 Å². The fraction of sp³-hybridized carbons (Fsp3) is 0.971. The van der Waals surface area contributed by atoms with Crippen LogP contribution in [0.15, 0.2) is 0 Å². The molecule has 1 amide bonds. The first-order valence-electron chi connectivity index (χ1n) is 19.2. The number of hydrogen-bond acceptors (Lipinski definition) is 18. The predicted molar refractivity (Wildman–Crippen MR) is 185 cm³/mol. The van der Waals surface area contributed by atoms with E-state index in [2.05, 4.69) is 12.2 Å². The molecule has 0 aliphatic carbocycles. The summed E-state index contributed by atoms with van der Waals surface area (Å²) in [5.41, 5.74) is 0. The first kappa shape index (κ1) is 47.2. The highest BCUT2D eigenvalue weighted by Crippen LogP contribution is 2.32. The molecule has 17 atom stereocenters. The van der Waals surface area contributed by atoms with Crippen LogP contribution in [-0.4, -0.2) is 193 Å². The number of nitrogens with one attached hydrogen (secondary N) is 1. The summed E-state index contributed by atoms with van der Waals surface area (Å²) in [6.45, 7) is 0.752. The molecular weight excluding hydrogens is 722 g/mol. The van der Waals surface area contributed by atoms with Crippen molar-refractivity contribution in [1.29, 1.82) is 0 Å². The summed E-state index contributed by atoms with van der Waals surface area (Å²) in [7, 11) is 0. The molecule has 54 heavy (non-hydrogen) atoms. The van der Waals surface area contributed by atoms with Crippen molar-refractivity contribution < 1.29 is 89.4 Å². The molecule has 12 N–H and O–H groups in total. The molecule has 0 saturated carbocycles. The Morgan fingerprint density at radius 3 is 1.50 bits per heavy atom. The molecule has 19 nitrogen and oxygen atoms in total. The molecule has 3 fully saturated rings. The van der Waals surface area contributed by atoms with Gasteiger partial charge in [0.1, 0.15) is 73.2 Å². The highest BCUT2D eigenvalue weighted by Gasteiger charge is 2.53. The second-order valence-corrected chi connectivity index (χ2v) is 14.5. The van der Waals surface area contributed by atoms with Gasteiger partial charge in [-0.05, 0) is 6.42 Å². The SMILES string of the molecule is CCCCCCCCCCCCC(O)C(COC1OC(CO)C(OC2OC(CO)C(OC3OC(CO)C(O)C(O)C3O)C(O)C2O)C(O)C1O)NC(C)=O. The van der Waals surface area contributed by atoms with E-state index in [-0.39, 0.29) is 6.61 Å². The molecule has 0 bridgehead atoms. The zero-order valence-electron chi connectivity index (χ0n) is 31.2. The molecular formula is C35H65NO18. The summed E-state index contributed by atoms with van der Waals surface area (Å²) >= 11 is 0. The van der Waals surface area contributed by atoms with Crippen molar-refractivity contribution in [2.24, 2.45) is 0 Å². The lowest BCUT2D eigenvalue weighted by Gasteiger charge is -2.48. The van der Waals surface area contributed by atoms with Crippen molar-refractivity contribution in [2.75, 3.05) is 26.4 Å². The molecule has 17 unspecified atom stereocenters. The minimum Gasteiger partial charge on any atom is -0.394 e. The summed E-state index contributed by atoms with van der Waals surface area (Å²) in [4.78, 5) is 11.9. The molecule has 3 rings (SSSR count). The minimum atomic E-state index is -1.96. The monoisotopic (exact) mass is 787 g/mol. The lowest BCUT2D eigenvalue weighted by atomic mass is 9.96. The second-order valence-electron chi connectivity index (χ2n) is 14.5. The number of amides is 1. The molecule has 0 radical (unpaired) electrons. The Bertz CT molecular complexity index is 1040. The zero-order chi connectivity index (χ0) is 39.9. The molecule has 3 heterocycles. The molecule has 3 saturated heterocycles. The third kappa shape index (κ3) is 13.2. The highest BCUT2D eigenvalue weighted by molar-refractivity contribution is 5.73. The molecule has 0 aromatic carbocycles. The van der Waals surface area contributed by atoms with E-state index in [4.69, 9.17) is 28.4 Å². The second kappa shape index (κ2) is 23.9. The van der Waals surface area contributed by atoms with Gasteiger partial charge in [-0.2, -0.15) is 0 Å².